The van der Waals surface area contributed by atoms with Crippen molar-refractivity contribution in [1.29, 1.82) is 0 Å². The minimum atomic E-state index is -2.88. The van der Waals surface area contributed by atoms with Crippen molar-refractivity contribution in [1.82, 2.24) is 19.8 Å². The van der Waals surface area contributed by atoms with Gasteiger partial charge in [0.05, 0.1) is 35.9 Å². The van der Waals surface area contributed by atoms with Crippen LogP contribution in [-0.2, 0) is 16.4 Å². The molecule has 2 bridgehead atoms. The molecule has 1 saturated heterocycles. The van der Waals surface area contributed by atoms with Crippen LogP contribution in [0.2, 0.25) is 0 Å². The molecule has 3 aromatic rings. The Morgan fingerprint density at radius 1 is 1.00 bits per heavy atom. The number of anilines is 2. The highest BCUT2D eigenvalue weighted by molar-refractivity contribution is 7.91. The number of benzene rings is 2. The van der Waals surface area contributed by atoms with Gasteiger partial charge in [-0.2, -0.15) is 0 Å². The van der Waals surface area contributed by atoms with Crippen molar-refractivity contribution >= 4 is 32.2 Å². The first-order valence-electron chi connectivity index (χ1n) is 14.3. The standard InChI is InChI=1S/C29H37N5O6S/c1-33-8-3-2-4-12-37-25-16-22-23(17-26(25)38-13-5-9-34-10-14-41(35,36)15-11-34)30-19-31-29(22)32-27-21(18-33)6-7-24-28(27)40-20-39-24/h6-7,16-17,19H,2-5,8-15,18,20H2,1H3,(H,30,31,32). The summed E-state index contributed by atoms with van der Waals surface area (Å²) in [6, 6.07) is 7.91. The number of ether oxygens (including phenoxy) is 4. The monoisotopic (exact) mass is 583 g/mol. The Morgan fingerprint density at radius 2 is 1.88 bits per heavy atom. The molecule has 1 fully saturated rings. The van der Waals surface area contributed by atoms with Crippen LogP contribution in [0.1, 0.15) is 31.2 Å². The van der Waals surface area contributed by atoms with E-state index in [0.29, 0.717) is 55.1 Å². The van der Waals surface area contributed by atoms with Gasteiger partial charge in [0.2, 0.25) is 6.79 Å². The Morgan fingerprint density at radius 3 is 2.76 bits per heavy atom. The first-order chi connectivity index (χ1) is 19.9. The number of sulfone groups is 1. The van der Waals surface area contributed by atoms with Crippen LogP contribution in [0.5, 0.6) is 23.0 Å². The maximum Gasteiger partial charge on any atom is 0.231 e. The molecule has 3 aliphatic heterocycles. The zero-order valence-electron chi connectivity index (χ0n) is 23.4. The van der Waals surface area contributed by atoms with Crippen molar-refractivity contribution < 1.29 is 27.4 Å². The largest absolute Gasteiger partial charge is 0.490 e. The van der Waals surface area contributed by atoms with Gasteiger partial charge in [-0.15, -0.1) is 0 Å². The van der Waals surface area contributed by atoms with Gasteiger partial charge in [0.15, 0.2) is 32.8 Å². The maximum absolute atomic E-state index is 11.7. The summed E-state index contributed by atoms with van der Waals surface area (Å²) in [6.45, 7) is 4.94. The van der Waals surface area contributed by atoms with Crippen LogP contribution in [0.4, 0.5) is 11.5 Å². The smallest absolute Gasteiger partial charge is 0.231 e. The number of hydrogen-bond donors (Lipinski definition) is 1. The average molecular weight is 584 g/mol. The second-order valence-corrected chi connectivity index (χ2v) is 13.1. The summed E-state index contributed by atoms with van der Waals surface area (Å²) < 4.78 is 47.5. The lowest BCUT2D eigenvalue weighted by Crippen LogP contribution is -2.40. The van der Waals surface area contributed by atoms with E-state index in [4.69, 9.17) is 18.9 Å². The van der Waals surface area contributed by atoms with E-state index >= 15 is 0 Å². The Balaban J connectivity index is 1.26. The predicted octanol–water partition coefficient (Wildman–Crippen LogP) is 3.60. The SMILES string of the molecule is CN1CCCCCOc2cc3c(ncnc3cc2OCCCN2CCS(=O)(=O)CC2)Nc2c(ccc3c2OCO3)C1. The minimum absolute atomic E-state index is 0.184. The highest BCUT2D eigenvalue weighted by Crippen LogP contribution is 2.44. The van der Waals surface area contributed by atoms with Crippen molar-refractivity contribution in [3.05, 3.63) is 36.2 Å². The van der Waals surface area contributed by atoms with Crippen molar-refractivity contribution in [3.8, 4) is 23.0 Å². The molecule has 0 amide bonds. The van der Waals surface area contributed by atoms with Gasteiger partial charge in [0.1, 0.15) is 12.1 Å². The van der Waals surface area contributed by atoms with E-state index in [2.05, 4.69) is 38.2 Å². The third-order valence-electron chi connectivity index (χ3n) is 7.77. The molecule has 0 spiro atoms. The lowest BCUT2D eigenvalue weighted by atomic mass is 10.1. The van der Waals surface area contributed by atoms with E-state index in [9.17, 15) is 8.42 Å². The lowest BCUT2D eigenvalue weighted by Gasteiger charge is -2.26. The fraction of sp³-hybridized carbons (Fsp3) is 0.517. The van der Waals surface area contributed by atoms with E-state index in [-0.39, 0.29) is 18.3 Å². The minimum Gasteiger partial charge on any atom is -0.490 e. The topological polar surface area (TPSA) is 115 Å². The zero-order valence-corrected chi connectivity index (χ0v) is 24.2. The number of aromatic nitrogens is 2. The van der Waals surface area contributed by atoms with Crippen molar-refractivity contribution in [3.63, 3.8) is 0 Å². The average Bonchev–Trinajstić information content (AvgIpc) is 3.44. The van der Waals surface area contributed by atoms with Crippen molar-refractivity contribution in [2.45, 2.75) is 32.2 Å². The van der Waals surface area contributed by atoms with Crippen LogP contribution in [0.25, 0.3) is 10.9 Å². The molecular formula is C29H37N5O6S. The van der Waals surface area contributed by atoms with Gasteiger partial charge in [-0.1, -0.05) is 6.07 Å². The molecule has 41 heavy (non-hydrogen) atoms. The molecule has 0 aliphatic carbocycles. The molecule has 1 N–H and O–H groups in total. The summed E-state index contributed by atoms with van der Waals surface area (Å²) in [7, 11) is -0.751. The Hall–Kier alpha value is -3.35. The number of nitrogens with zero attached hydrogens (tertiary/aromatic N) is 4. The van der Waals surface area contributed by atoms with Crippen LogP contribution in [0.15, 0.2) is 30.6 Å². The number of nitrogens with one attached hydrogen (secondary N) is 1. The fourth-order valence-electron chi connectivity index (χ4n) is 5.45. The van der Waals surface area contributed by atoms with Crippen LogP contribution in [-0.4, -0.2) is 92.9 Å². The molecule has 2 aromatic carbocycles. The van der Waals surface area contributed by atoms with Crippen molar-refractivity contribution in [2.75, 3.05) is 70.1 Å². The van der Waals surface area contributed by atoms with E-state index < -0.39 is 9.84 Å². The first kappa shape index (κ1) is 27.8. The molecule has 6 rings (SSSR count). The second kappa shape index (κ2) is 12.3. The summed E-state index contributed by atoms with van der Waals surface area (Å²) >= 11 is 0. The number of rotatable bonds is 5. The molecule has 0 atom stereocenters. The molecule has 1 aromatic heterocycles. The van der Waals surface area contributed by atoms with Crippen LogP contribution in [0.3, 0.4) is 0 Å². The molecular weight excluding hydrogens is 546 g/mol. The zero-order chi connectivity index (χ0) is 28.2. The van der Waals surface area contributed by atoms with E-state index in [1.807, 2.05) is 18.2 Å². The maximum atomic E-state index is 11.7. The number of fused-ring (bicyclic) bond motifs is 4. The quantitative estimate of drug-likeness (QED) is 0.444. The summed E-state index contributed by atoms with van der Waals surface area (Å²) in [5.74, 6) is 3.81. The summed E-state index contributed by atoms with van der Waals surface area (Å²) in [6.07, 6.45) is 5.39. The van der Waals surface area contributed by atoms with E-state index in [1.165, 1.54) is 0 Å². The van der Waals surface area contributed by atoms with Gasteiger partial charge < -0.3 is 34.1 Å². The Kier molecular flexibility index (Phi) is 8.31. The molecule has 12 heteroatoms. The Labute approximate surface area is 240 Å². The molecule has 0 unspecified atom stereocenters. The molecule has 3 aliphatic rings. The van der Waals surface area contributed by atoms with Gasteiger partial charge in [-0.05, 0) is 57.0 Å². The lowest BCUT2D eigenvalue weighted by molar-refractivity contribution is 0.174. The van der Waals surface area contributed by atoms with Gasteiger partial charge in [0.25, 0.3) is 0 Å². The summed E-state index contributed by atoms with van der Waals surface area (Å²) in [5.41, 5.74) is 2.68. The third kappa shape index (κ3) is 6.60. The fourth-order valence-corrected chi connectivity index (χ4v) is 6.72. The highest BCUT2D eigenvalue weighted by atomic mass is 32.2. The van der Waals surface area contributed by atoms with Crippen LogP contribution < -0.4 is 24.3 Å². The van der Waals surface area contributed by atoms with Crippen LogP contribution in [0, 0.1) is 0 Å². The molecule has 220 valence electrons. The van der Waals surface area contributed by atoms with E-state index in [0.717, 1.165) is 67.5 Å². The Bertz CT molecular complexity index is 1490. The molecule has 0 radical (unpaired) electrons. The predicted molar refractivity (Wildman–Crippen MR) is 156 cm³/mol. The third-order valence-corrected chi connectivity index (χ3v) is 9.37. The normalized spacial score (nSPS) is 19.5. The van der Waals surface area contributed by atoms with Crippen LogP contribution >= 0.6 is 0 Å². The molecule has 4 heterocycles. The van der Waals surface area contributed by atoms with Gasteiger partial charge in [-0.3, -0.25) is 0 Å². The summed E-state index contributed by atoms with van der Waals surface area (Å²) in [4.78, 5) is 13.6. The number of hydrogen-bond acceptors (Lipinski definition) is 11. The van der Waals surface area contributed by atoms with Gasteiger partial charge >= 0.3 is 0 Å². The van der Waals surface area contributed by atoms with Crippen molar-refractivity contribution in [2.24, 2.45) is 0 Å². The summed E-state index contributed by atoms with van der Waals surface area (Å²) in [5, 5.41) is 4.35. The van der Waals surface area contributed by atoms with Gasteiger partial charge in [0, 0.05) is 37.6 Å². The molecule has 0 saturated carbocycles. The second-order valence-electron chi connectivity index (χ2n) is 10.8. The first-order valence-corrected chi connectivity index (χ1v) is 16.1. The highest BCUT2D eigenvalue weighted by Gasteiger charge is 2.24. The van der Waals surface area contributed by atoms with E-state index in [1.54, 1.807) is 6.33 Å². The molecule has 11 nitrogen and oxygen atoms in total. The van der Waals surface area contributed by atoms with Gasteiger partial charge in [-0.25, -0.2) is 18.4 Å².